The Hall–Kier alpha value is -0.940. The predicted molar refractivity (Wildman–Crippen MR) is 67.5 cm³/mol. The molecule has 0 bridgehead atoms. The summed E-state index contributed by atoms with van der Waals surface area (Å²) in [5, 5.41) is 8.39. The fourth-order valence-electron chi connectivity index (χ4n) is 1.91. The van der Waals surface area contributed by atoms with Crippen molar-refractivity contribution in [2.24, 2.45) is 17.6 Å². The molecule has 0 aliphatic heterocycles. The number of rotatable bonds is 7. The van der Waals surface area contributed by atoms with Crippen LogP contribution in [0.5, 0.6) is 0 Å². The summed E-state index contributed by atoms with van der Waals surface area (Å²) < 4.78 is 7.30. The van der Waals surface area contributed by atoms with Crippen LogP contribution in [0.15, 0.2) is 0 Å². The van der Waals surface area contributed by atoms with E-state index in [9.17, 15) is 0 Å². The Balaban J connectivity index is 2.79. The van der Waals surface area contributed by atoms with Gasteiger partial charge in [-0.2, -0.15) is 0 Å². The van der Waals surface area contributed by atoms with Gasteiger partial charge in [0.1, 0.15) is 11.6 Å². The number of ether oxygens (including phenoxy) is 1. The van der Waals surface area contributed by atoms with E-state index in [0.29, 0.717) is 18.4 Å². The first kappa shape index (κ1) is 14.1. The van der Waals surface area contributed by atoms with Crippen LogP contribution in [0.2, 0.25) is 0 Å². The molecule has 17 heavy (non-hydrogen) atoms. The van der Waals surface area contributed by atoms with Gasteiger partial charge in [0, 0.05) is 26.7 Å². The van der Waals surface area contributed by atoms with Crippen LogP contribution >= 0.6 is 0 Å². The molecule has 0 aliphatic carbocycles. The second-order valence-electron chi connectivity index (χ2n) is 5.01. The molecule has 5 nitrogen and oxygen atoms in total. The lowest BCUT2D eigenvalue weighted by Gasteiger charge is -2.14. The molecule has 0 amide bonds. The largest absolute Gasteiger partial charge is 0.384 e. The second kappa shape index (κ2) is 6.71. The molecule has 1 unspecified atom stereocenters. The SMILES string of the molecule is COCC(C)Cc1nnc(CN)n1CC(C)C. The van der Waals surface area contributed by atoms with Gasteiger partial charge in [-0.05, 0) is 11.8 Å². The molecule has 98 valence electrons. The standard InChI is InChI=1S/C12H24N4O/c1-9(2)7-16-11(5-10(3)8-17-4)14-15-12(16)6-13/h9-10H,5-8,13H2,1-4H3. The molecule has 0 spiro atoms. The first-order chi connectivity index (χ1) is 8.08. The lowest BCUT2D eigenvalue weighted by Crippen LogP contribution is -2.17. The molecule has 1 aromatic heterocycles. The Morgan fingerprint density at radius 1 is 1.24 bits per heavy atom. The van der Waals surface area contributed by atoms with Gasteiger partial charge in [-0.25, -0.2) is 0 Å². The lowest BCUT2D eigenvalue weighted by molar-refractivity contribution is 0.158. The van der Waals surface area contributed by atoms with E-state index >= 15 is 0 Å². The molecule has 0 aliphatic rings. The van der Waals surface area contributed by atoms with Crippen LogP contribution < -0.4 is 5.73 Å². The molecule has 1 rings (SSSR count). The van der Waals surface area contributed by atoms with Crippen molar-refractivity contribution in [2.75, 3.05) is 13.7 Å². The Labute approximate surface area is 103 Å². The summed E-state index contributed by atoms with van der Waals surface area (Å²) in [7, 11) is 1.72. The minimum Gasteiger partial charge on any atom is -0.384 e. The molecule has 1 aromatic rings. The van der Waals surface area contributed by atoms with E-state index in [0.717, 1.165) is 31.2 Å². The zero-order valence-corrected chi connectivity index (χ0v) is 11.3. The number of hydrogen-bond acceptors (Lipinski definition) is 4. The van der Waals surface area contributed by atoms with Crippen molar-refractivity contribution in [3.63, 3.8) is 0 Å². The molecule has 0 saturated heterocycles. The van der Waals surface area contributed by atoms with Gasteiger partial charge in [-0.1, -0.05) is 20.8 Å². The third kappa shape index (κ3) is 4.09. The zero-order chi connectivity index (χ0) is 12.8. The maximum atomic E-state index is 5.68. The van der Waals surface area contributed by atoms with Crippen molar-refractivity contribution in [1.29, 1.82) is 0 Å². The van der Waals surface area contributed by atoms with Gasteiger partial charge in [-0.15, -0.1) is 10.2 Å². The quantitative estimate of drug-likeness (QED) is 0.778. The molecule has 0 aromatic carbocycles. The van der Waals surface area contributed by atoms with Gasteiger partial charge in [0.2, 0.25) is 0 Å². The average Bonchev–Trinajstić information content (AvgIpc) is 2.60. The Kier molecular flexibility index (Phi) is 5.58. The van der Waals surface area contributed by atoms with Crippen molar-refractivity contribution in [3.8, 4) is 0 Å². The van der Waals surface area contributed by atoms with Gasteiger partial charge in [-0.3, -0.25) is 0 Å². The molecule has 1 heterocycles. The summed E-state index contributed by atoms with van der Waals surface area (Å²) in [4.78, 5) is 0. The summed E-state index contributed by atoms with van der Waals surface area (Å²) in [6, 6.07) is 0. The summed E-state index contributed by atoms with van der Waals surface area (Å²) in [6.07, 6.45) is 0.883. The third-order valence-electron chi connectivity index (χ3n) is 2.62. The number of nitrogens with zero attached hydrogens (tertiary/aromatic N) is 3. The molecule has 2 N–H and O–H groups in total. The van der Waals surface area contributed by atoms with Crippen LogP contribution in [0.3, 0.4) is 0 Å². The average molecular weight is 240 g/mol. The number of nitrogens with two attached hydrogens (primary N) is 1. The van der Waals surface area contributed by atoms with Crippen LogP contribution in [-0.2, 0) is 24.2 Å². The first-order valence-electron chi connectivity index (χ1n) is 6.18. The zero-order valence-electron chi connectivity index (χ0n) is 11.3. The highest BCUT2D eigenvalue weighted by Crippen LogP contribution is 2.11. The second-order valence-corrected chi connectivity index (χ2v) is 5.01. The van der Waals surface area contributed by atoms with Crippen molar-refractivity contribution in [3.05, 3.63) is 11.6 Å². The first-order valence-corrected chi connectivity index (χ1v) is 6.18. The molecule has 0 fully saturated rings. The Bertz CT molecular complexity index is 335. The highest BCUT2D eigenvalue weighted by atomic mass is 16.5. The third-order valence-corrected chi connectivity index (χ3v) is 2.62. The highest BCUT2D eigenvalue weighted by Gasteiger charge is 2.14. The number of aromatic nitrogens is 3. The molecular weight excluding hydrogens is 216 g/mol. The summed E-state index contributed by atoms with van der Waals surface area (Å²) in [5.74, 6) is 2.90. The summed E-state index contributed by atoms with van der Waals surface area (Å²) in [5.41, 5.74) is 5.68. The Morgan fingerprint density at radius 2 is 1.88 bits per heavy atom. The highest BCUT2D eigenvalue weighted by molar-refractivity contribution is 4.97. The molecule has 0 saturated carbocycles. The van der Waals surface area contributed by atoms with Crippen molar-refractivity contribution < 1.29 is 4.74 Å². The van der Waals surface area contributed by atoms with Gasteiger partial charge in [0.05, 0.1) is 6.54 Å². The van der Waals surface area contributed by atoms with E-state index in [4.69, 9.17) is 10.5 Å². The minimum absolute atomic E-state index is 0.443. The topological polar surface area (TPSA) is 66.0 Å². The van der Waals surface area contributed by atoms with E-state index in [1.807, 2.05) is 0 Å². The van der Waals surface area contributed by atoms with Crippen molar-refractivity contribution in [2.45, 2.75) is 40.3 Å². The summed E-state index contributed by atoms with van der Waals surface area (Å²) >= 11 is 0. The maximum absolute atomic E-state index is 5.68. The molecule has 5 heteroatoms. The van der Waals surface area contributed by atoms with Gasteiger partial charge in [0.15, 0.2) is 0 Å². The smallest absolute Gasteiger partial charge is 0.146 e. The summed E-state index contributed by atoms with van der Waals surface area (Å²) in [6.45, 7) is 8.63. The van der Waals surface area contributed by atoms with Crippen LogP contribution in [0.4, 0.5) is 0 Å². The van der Waals surface area contributed by atoms with E-state index in [-0.39, 0.29) is 0 Å². The van der Waals surface area contributed by atoms with Crippen molar-refractivity contribution in [1.82, 2.24) is 14.8 Å². The lowest BCUT2D eigenvalue weighted by atomic mass is 10.1. The van der Waals surface area contributed by atoms with Gasteiger partial charge >= 0.3 is 0 Å². The monoisotopic (exact) mass is 240 g/mol. The minimum atomic E-state index is 0.443. The van der Waals surface area contributed by atoms with E-state index in [1.54, 1.807) is 7.11 Å². The number of hydrogen-bond donors (Lipinski definition) is 1. The van der Waals surface area contributed by atoms with Gasteiger partial charge in [0.25, 0.3) is 0 Å². The predicted octanol–water partition coefficient (Wildman–Crippen LogP) is 1.22. The maximum Gasteiger partial charge on any atom is 0.146 e. The Morgan fingerprint density at radius 3 is 2.41 bits per heavy atom. The van der Waals surface area contributed by atoms with Crippen molar-refractivity contribution >= 4 is 0 Å². The van der Waals surface area contributed by atoms with Gasteiger partial charge < -0.3 is 15.0 Å². The molecule has 0 radical (unpaired) electrons. The molecule has 1 atom stereocenters. The van der Waals surface area contributed by atoms with E-state index in [2.05, 4.69) is 35.5 Å². The van der Waals surface area contributed by atoms with Crippen LogP contribution in [-0.4, -0.2) is 28.5 Å². The number of methoxy groups -OCH3 is 1. The van der Waals surface area contributed by atoms with E-state index in [1.165, 1.54) is 0 Å². The molecular formula is C12H24N4O. The fraction of sp³-hybridized carbons (Fsp3) is 0.833. The van der Waals surface area contributed by atoms with E-state index < -0.39 is 0 Å². The van der Waals surface area contributed by atoms with Crippen LogP contribution in [0.25, 0.3) is 0 Å². The fourth-order valence-corrected chi connectivity index (χ4v) is 1.91. The normalized spacial score (nSPS) is 13.3. The van der Waals surface area contributed by atoms with Crippen LogP contribution in [0.1, 0.15) is 32.4 Å². The van der Waals surface area contributed by atoms with Crippen LogP contribution in [0, 0.1) is 11.8 Å².